The number of aliphatic carboxylic acids is 1. The number of nitrogens with zero attached hydrogens (tertiary/aromatic N) is 1. The van der Waals surface area contributed by atoms with Crippen LogP contribution in [0.3, 0.4) is 0 Å². The van der Waals surface area contributed by atoms with Gasteiger partial charge in [0.2, 0.25) is 0 Å². The van der Waals surface area contributed by atoms with Crippen molar-refractivity contribution in [2.75, 3.05) is 5.75 Å². The molecule has 0 radical (unpaired) electrons. The molecular weight excluding hydrogens is 271 g/mol. The Bertz CT molecular complexity index is 390. The summed E-state index contributed by atoms with van der Waals surface area (Å²) in [5, 5.41) is 9.43. The minimum absolute atomic E-state index is 0.328. The number of carboxylic acid groups (broad SMARTS) is 1. The third-order valence-electron chi connectivity index (χ3n) is 1.77. The highest BCUT2D eigenvalue weighted by Crippen LogP contribution is 2.22. The average molecular weight is 281 g/mol. The Morgan fingerprint density at radius 1 is 1.62 bits per heavy atom. The Morgan fingerprint density at radius 2 is 2.31 bits per heavy atom. The first-order valence-corrected chi connectivity index (χ1v) is 6.28. The zero-order chi connectivity index (χ0) is 12.1. The summed E-state index contributed by atoms with van der Waals surface area (Å²) in [6, 6.07) is 0.694. The first-order chi connectivity index (χ1) is 7.50. The lowest BCUT2D eigenvalue weighted by Gasteiger charge is -2.07. The van der Waals surface area contributed by atoms with Crippen molar-refractivity contribution in [3.63, 3.8) is 0 Å². The molecule has 0 bridgehead atoms. The molecule has 1 heterocycles. The van der Waals surface area contributed by atoms with Gasteiger partial charge in [-0.3, -0.25) is 4.79 Å². The zero-order valence-electron chi connectivity index (χ0n) is 8.19. The molecular formula is C9H10Cl2N2O2S. The van der Waals surface area contributed by atoms with Crippen LogP contribution in [0.25, 0.3) is 0 Å². The number of pyridine rings is 1. The normalized spacial score (nSPS) is 12.4. The Morgan fingerprint density at radius 3 is 2.88 bits per heavy atom. The van der Waals surface area contributed by atoms with E-state index in [9.17, 15) is 4.79 Å². The minimum Gasteiger partial charge on any atom is -0.480 e. The number of rotatable bonds is 5. The Labute approximate surface area is 107 Å². The molecule has 7 heteroatoms. The summed E-state index contributed by atoms with van der Waals surface area (Å²) in [4.78, 5) is 14.4. The SMILES string of the molecule is N[C@H](CSCc1cnc(Cl)cc1Cl)C(=O)O. The Kier molecular flexibility index (Phi) is 5.34. The van der Waals surface area contributed by atoms with E-state index in [0.29, 0.717) is 21.7 Å². The van der Waals surface area contributed by atoms with E-state index < -0.39 is 12.0 Å². The predicted octanol–water partition coefficient (Wildman–Crippen LogP) is 2.03. The maximum Gasteiger partial charge on any atom is 0.321 e. The van der Waals surface area contributed by atoms with E-state index in [1.807, 2.05) is 0 Å². The van der Waals surface area contributed by atoms with E-state index in [1.54, 1.807) is 12.3 Å². The molecule has 0 aliphatic rings. The van der Waals surface area contributed by atoms with Crippen LogP contribution in [0.15, 0.2) is 12.3 Å². The standard InChI is InChI=1S/C9H10Cl2N2O2S/c10-6-1-8(11)13-2-5(6)3-16-4-7(12)9(14)15/h1-2,7H,3-4,12H2,(H,14,15)/t7-/m1/s1. The average Bonchev–Trinajstić information content (AvgIpc) is 2.20. The molecule has 0 amide bonds. The molecule has 1 aromatic rings. The molecule has 3 N–H and O–H groups in total. The molecule has 0 aromatic carbocycles. The van der Waals surface area contributed by atoms with E-state index in [1.165, 1.54) is 11.8 Å². The fraction of sp³-hybridized carbons (Fsp3) is 0.333. The second-order valence-corrected chi connectivity index (χ2v) is 4.88. The molecule has 4 nitrogen and oxygen atoms in total. The highest BCUT2D eigenvalue weighted by Gasteiger charge is 2.11. The van der Waals surface area contributed by atoms with Crippen LogP contribution in [-0.4, -0.2) is 27.9 Å². The van der Waals surface area contributed by atoms with Crippen LogP contribution in [-0.2, 0) is 10.5 Å². The van der Waals surface area contributed by atoms with Gasteiger partial charge in [0.1, 0.15) is 11.2 Å². The molecule has 1 aromatic heterocycles. The Balaban J connectivity index is 2.46. The smallest absolute Gasteiger partial charge is 0.321 e. The highest BCUT2D eigenvalue weighted by atomic mass is 35.5. The largest absolute Gasteiger partial charge is 0.480 e. The number of halogens is 2. The maximum absolute atomic E-state index is 10.5. The molecule has 0 aliphatic heterocycles. The number of hydrogen-bond acceptors (Lipinski definition) is 4. The summed E-state index contributed by atoms with van der Waals surface area (Å²) in [6.45, 7) is 0. The van der Waals surface area contributed by atoms with Crippen LogP contribution in [0.2, 0.25) is 10.2 Å². The van der Waals surface area contributed by atoms with Gasteiger partial charge in [0.25, 0.3) is 0 Å². The van der Waals surface area contributed by atoms with E-state index >= 15 is 0 Å². The third kappa shape index (κ3) is 4.17. The van der Waals surface area contributed by atoms with Gasteiger partial charge < -0.3 is 10.8 Å². The van der Waals surface area contributed by atoms with Crippen LogP contribution in [0, 0.1) is 0 Å². The monoisotopic (exact) mass is 280 g/mol. The number of hydrogen-bond donors (Lipinski definition) is 2. The van der Waals surface area contributed by atoms with Gasteiger partial charge in [-0.25, -0.2) is 4.98 Å². The second-order valence-electron chi connectivity index (χ2n) is 3.06. The van der Waals surface area contributed by atoms with Crippen LogP contribution in [0.5, 0.6) is 0 Å². The fourth-order valence-corrected chi connectivity index (χ4v) is 2.39. The van der Waals surface area contributed by atoms with Gasteiger partial charge in [-0.2, -0.15) is 11.8 Å². The topological polar surface area (TPSA) is 76.2 Å². The van der Waals surface area contributed by atoms with E-state index in [0.717, 1.165) is 5.56 Å². The molecule has 88 valence electrons. The van der Waals surface area contributed by atoms with Crippen molar-refractivity contribution in [3.8, 4) is 0 Å². The van der Waals surface area contributed by atoms with Crippen molar-refractivity contribution < 1.29 is 9.90 Å². The van der Waals surface area contributed by atoms with Gasteiger partial charge in [0.05, 0.1) is 0 Å². The minimum atomic E-state index is -1.01. The lowest BCUT2D eigenvalue weighted by molar-refractivity contribution is -0.137. The molecule has 0 saturated heterocycles. The van der Waals surface area contributed by atoms with Crippen LogP contribution < -0.4 is 5.73 Å². The first kappa shape index (κ1) is 13.6. The number of carboxylic acids is 1. The Hall–Kier alpha value is -0.490. The van der Waals surface area contributed by atoms with Crippen LogP contribution in [0.1, 0.15) is 5.56 Å². The number of aromatic nitrogens is 1. The summed E-state index contributed by atoms with van der Waals surface area (Å²) in [5.41, 5.74) is 6.17. The molecule has 0 aliphatic carbocycles. The molecule has 1 rings (SSSR count). The van der Waals surface area contributed by atoms with E-state index in [-0.39, 0.29) is 0 Å². The fourth-order valence-electron chi connectivity index (χ4n) is 0.909. The van der Waals surface area contributed by atoms with E-state index in [2.05, 4.69) is 4.98 Å². The molecule has 1 atom stereocenters. The molecule has 0 spiro atoms. The number of thioether (sulfide) groups is 1. The summed E-state index contributed by atoms with van der Waals surface area (Å²) in [6.07, 6.45) is 1.57. The first-order valence-electron chi connectivity index (χ1n) is 4.36. The van der Waals surface area contributed by atoms with Crippen molar-refractivity contribution in [3.05, 3.63) is 28.0 Å². The van der Waals surface area contributed by atoms with Gasteiger partial charge in [-0.1, -0.05) is 23.2 Å². The predicted molar refractivity (Wildman–Crippen MR) is 66.0 cm³/mol. The summed E-state index contributed by atoms with van der Waals surface area (Å²) in [5.74, 6) is -0.119. The lowest BCUT2D eigenvalue weighted by Crippen LogP contribution is -2.32. The van der Waals surface area contributed by atoms with Crippen molar-refractivity contribution in [1.29, 1.82) is 0 Å². The zero-order valence-corrected chi connectivity index (χ0v) is 10.5. The van der Waals surface area contributed by atoms with Crippen molar-refractivity contribution in [1.82, 2.24) is 4.98 Å². The number of nitrogens with two attached hydrogens (primary N) is 1. The van der Waals surface area contributed by atoms with Gasteiger partial charge in [0, 0.05) is 22.7 Å². The molecule has 0 fully saturated rings. The molecule has 16 heavy (non-hydrogen) atoms. The van der Waals surface area contributed by atoms with Crippen LogP contribution in [0.4, 0.5) is 0 Å². The van der Waals surface area contributed by atoms with Gasteiger partial charge in [-0.15, -0.1) is 0 Å². The van der Waals surface area contributed by atoms with Crippen LogP contribution >= 0.6 is 35.0 Å². The highest BCUT2D eigenvalue weighted by molar-refractivity contribution is 7.98. The van der Waals surface area contributed by atoms with Crippen molar-refractivity contribution in [2.45, 2.75) is 11.8 Å². The molecule has 0 unspecified atom stereocenters. The van der Waals surface area contributed by atoms with Crippen molar-refractivity contribution >= 4 is 40.9 Å². The number of carbonyl (C=O) groups is 1. The van der Waals surface area contributed by atoms with Gasteiger partial charge in [-0.05, 0) is 11.6 Å². The van der Waals surface area contributed by atoms with E-state index in [4.69, 9.17) is 34.0 Å². The van der Waals surface area contributed by atoms with Gasteiger partial charge in [0.15, 0.2) is 0 Å². The summed E-state index contributed by atoms with van der Waals surface area (Å²) < 4.78 is 0. The van der Waals surface area contributed by atoms with Crippen molar-refractivity contribution in [2.24, 2.45) is 5.73 Å². The molecule has 0 saturated carbocycles. The summed E-state index contributed by atoms with van der Waals surface area (Å²) in [7, 11) is 0. The van der Waals surface area contributed by atoms with Gasteiger partial charge >= 0.3 is 5.97 Å². The third-order valence-corrected chi connectivity index (χ3v) is 3.44. The lowest BCUT2D eigenvalue weighted by atomic mass is 10.3. The second kappa shape index (κ2) is 6.30. The summed E-state index contributed by atoms with van der Waals surface area (Å²) >= 11 is 13.0. The maximum atomic E-state index is 10.5. The quantitative estimate of drug-likeness (QED) is 0.808.